The molecule has 0 atom stereocenters. The van der Waals surface area contributed by atoms with Gasteiger partial charge in [0, 0.05) is 5.02 Å². The number of fused-ring (bicyclic) bond motifs is 3. The minimum absolute atomic E-state index is 0.742. The molecule has 0 saturated carbocycles. The van der Waals surface area contributed by atoms with Crippen LogP contribution in [0.4, 0.5) is 0 Å². The standard InChI is InChI=1S/C16H13ClN4/c1-11-18-16-20(10-12-6-8-13(17)9-7-12)14-4-2-3-5-15(14)21(16)19-11/h2-9H,10H2,1H3. The highest BCUT2D eigenvalue weighted by Crippen LogP contribution is 2.21. The number of hydrogen-bond acceptors (Lipinski definition) is 2. The SMILES string of the molecule is Cc1nc2n(Cc3ccc(Cl)cc3)c3ccccc3n2n1. The van der Waals surface area contributed by atoms with Crippen LogP contribution in [0.3, 0.4) is 0 Å². The molecular formula is C16H13ClN4. The summed E-state index contributed by atoms with van der Waals surface area (Å²) >= 11 is 5.95. The zero-order valence-electron chi connectivity index (χ0n) is 11.5. The zero-order valence-corrected chi connectivity index (χ0v) is 12.2. The lowest BCUT2D eigenvalue weighted by molar-refractivity contribution is 0.839. The van der Waals surface area contributed by atoms with Crippen molar-refractivity contribution in [2.24, 2.45) is 0 Å². The van der Waals surface area contributed by atoms with Gasteiger partial charge in [0.2, 0.25) is 5.78 Å². The predicted molar refractivity (Wildman–Crippen MR) is 83.8 cm³/mol. The number of benzene rings is 2. The van der Waals surface area contributed by atoms with Crippen LogP contribution in [0.1, 0.15) is 11.4 Å². The number of rotatable bonds is 2. The van der Waals surface area contributed by atoms with Crippen LogP contribution in [-0.2, 0) is 6.54 Å². The summed E-state index contributed by atoms with van der Waals surface area (Å²) in [5.74, 6) is 1.64. The highest BCUT2D eigenvalue weighted by Gasteiger charge is 2.13. The highest BCUT2D eigenvalue weighted by molar-refractivity contribution is 6.30. The van der Waals surface area contributed by atoms with E-state index in [1.807, 2.05) is 47.8 Å². The van der Waals surface area contributed by atoms with Gasteiger partial charge in [-0.15, -0.1) is 5.10 Å². The first-order valence-corrected chi connectivity index (χ1v) is 7.15. The number of aryl methyl sites for hydroxylation is 1. The first-order valence-electron chi connectivity index (χ1n) is 6.77. The van der Waals surface area contributed by atoms with Gasteiger partial charge in [-0.2, -0.15) is 9.50 Å². The van der Waals surface area contributed by atoms with Gasteiger partial charge in [0.25, 0.3) is 0 Å². The third-order valence-electron chi connectivity index (χ3n) is 3.59. The fourth-order valence-corrected chi connectivity index (χ4v) is 2.77. The number of nitrogens with zero attached hydrogens (tertiary/aromatic N) is 4. The molecule has 0 unspecified atom stereocenters. The molecule has 2 aromatic carbocycles. The Labute approximate surface area is 126 Å². The van der Waals surface area contributed by atoms with Gasteiger partial charge in [-0.3, -0.25) is 0 Å². The minimum atomic E-state index is 0.742. The summed E-state index contributed by atoms with van der Waals surface area (Å²) < 4.78 is 4.08. The molecule has 4 nitrogen and oxygen atoms in total. The van der Waals surface area contributed by atoms with E-state index in [2.05, 4.69) is 26.8 Å². The molecule has 0 aliphatic heterocycles. The van der Waals surface area contributed by atoms with Gasteiger partial charge >= 0.3 is 0 Å². The van der Waals surface area contributed by atoms with Gasteiger partial charge in [0.05, 0.1) is 17.6 Å². The second kappa shape index (κ2) is 4.60. The summed E-state index contributed by atoms with van der Waals surface area (Å²) in [7, 11) is 0. The van der Waals surface area contributed by atoms with E-state index in [0.717, 1.165) is 34.2 Å². The van der Waals surface area contributed by atoms with Crippen molar-refractivity contribution in [1.82, 2.24) is 19.2 Å². The minimum Gasteiger partial charge on any atom is -0.304 e. The van der Waals surface area contributed by atoms with Crippen LogP contribution >= 0.6 is 11.6 Å². The summed E-state index contributed by atoms with van der Waals surface area (Å²) in [5.41, 5.74) is 3.38. The maximum Gasteiger partial charge on any atom is 0.233 e. The van der Waals surface area contributed by atoms with Crippen LogP contribution < -0.4 is 0 Å². The van der Waals surface area contributed by atoms with Crippen molar-refractivity contribution < 1.29 is 0 Å². The number of halogens is 1. The molecule has 0 aliphatic carbocycles. The normalized spacial score (nSPS) is 11.5. The topological polar surface area (TPSA) is 35.1 Å². The van der Waals surface area contributed by atoms with Crippen molar-refractivity contribution in [3.05, 3.63) is 64.9 Å². The Morgan fingerprint density at radius 3 is 2.48 bits per heavy atom. The first kappa shape index (κ1) is 12.4. The summed E-state index contributed by atoms with van der Waals surface area (Å²) in [6.07, 6.45) is 0. The number of imidazole rings is 1. The molecule has 2 heterocycles. The molecule has 0 N–H and O–H groups in total. The molecule has 0 fully saturated rings. The second-order valence-corrected chi connectivity index (χ2v) is 5.51. The first-order chi connectivity index (χ1) is 10.2. The van der Waals surface area contributed by atoms with Crippen molar-refractivity contribution >= 4 is 28.4 Å². The summed E-state index contributed by atoms with van der Waals surface area (Å²) in [4.78, 5) is 4.55. The predicted octanol–water partition coefficient (Wildman–Crippen LogP) is 3.69. The molecule has 4 aromatic rings. The van der Waals surface area contributed by atoms with Crippen molar-refractivity contribution in [3.8, 4) is 0 Å². The molecule has 0 radical (unpaired) electrons. The van der Waals surface area contributed by atoms with Gasteiger partial charge < -0.3 is 4.57 Å². The second-order valence-electron chi connectivity index (χ2n) is 5.07. The van der Waals surface area contributed by atoms with E-state index in [1.165, 1.54) is 5.56 Å². The fourth-order valence-electron chi connectivity index (χ4n) is 2.65. The Balaban J connectivity index is 1.94. The monoisotopic (exact) mass is 296 g/mol. The van der Waals surface area contributed by atoms with Crippen LogP contribution in [-0.4, -0.2) is 19.2 Å². The maximum absolute atomic E-state index is 5.95. The van der Waals surface area contributed by atoms with E-state index in [4.69, 9.17) is 11.6 Å². The van der Waals surface area contributed by atoms with Crippen LogP contribution in [0.5, 0.6) is 0 Å². The molecule has 21 heavy (non-hydrogen) atoms. The van der Waals surface area contributed by atoms with Gasteiger partial charge in [0.15, 0.2) is 0 Å². The smallest absolute Gasteiger partial charge is 0.233 e. The summed E-state index contributed by atoms with van der Waals surface area (Å²) in [6, 6.07) is 16.1. The van der Waals surface area contributed by atoms with Crippen molar-refractivity contribution in [1.29, 1.82) is 0 Å². The average Bonchev–Trinajstić information content (AvgIpc) is 2.99. The summed E-state index contributed by atoms with van der Waals surface area (Å²) in [6.45, 7) is 2.65. The third-order valence-corrected chi connectivity index (χ3v) is 3.84. The van der Waals surface area contributed by atoms with Gasteiger partial charge in [-0.05, 0) is 36.8 Å². The zero-order chi connectivity index (χ0) is 14.4. The summed E-state index contributed by atoms with van der Waals surface area (Å²) in [5, 5.41) is 5.23. The lowest BCUT2D eigenvalue weighted by atomic mass is 10.2. The third kappa shape index (κ3) is 1.99. The Morgan fingerprint density at radius 2 is 1.71 bits per heavy atom. The molecule has 4 rings (SSSR count). The van der Waals surface area contributed by atoms with E-state index in [0.29, 0.717) is 0 Å². The molecule has 2 aromatic heterocycles. The Bertz CT molecular complexity index is 934. The van der Waals surface area contributed by atoms with E-state index >= 15 is 0 Å². The van der Waals surface area contributed by atoms with Crippen LogP contribution in [0.25, 0.3) is 16.8 Å². The van der Waals surface area contributed by atoms with E-state index in [9.17, 15) is 0 Å². The molecule has 0 spiro atoms. The van der Waals surface area contributed by atoms with Crippen molar-refractivity contribution in [2.75, 3.05) is 0 Å². The van der Waals surface area contributed by atoms with Gasteiger partial charge in [-0.25, -0.2) is 0 Å². The molecule has 5 heteroatoms. The van der Waals surface area contributed by atoms with Crippen LogP contribution in [0.15, 0.2) is 48.5 Å². The lowest BCUT2D eigenvalue weighted by Crippen LogP contribution is -2.00. The van der Waals surface area contributed by atoms with Crippen molar-refractivity contribution in [2.45, 2.75) is 13.5 Å². The van der Waals surface area contributed by atoms with E-state index in [1.54, 1.807) is 0 Å². The van der Waals surface area contributed by atoms with Gasteiger partial charge in [0.1, 0.15) is 5.82 Å². The fraction of sp³-hybridized carbons (Fsp3) is 0.125. The number of hydrogen-bond donors (Lipinski definition) is 0. The molecule has 104 valence electrons. The van der Waals surface area contributed by atoms with E-state index in [-0.39, 0.29) is 0 Å². The number of aromatic nitrogens is 4. The molecule has 0 bridgehead atoms. The van der Waals surface area contributed by atoms with E-state index < -0.39 is 0 Å². The highest BCUT2D eigenvalue weighted by atomic mass is 35.5. The quantitative estimate of drug-likeness (QED) is 0.565. The Hall–Kier alpha value is -2.33. The molecular weight excluding hydrogens is 284 g/mol. The lowest BCUT2D eigenvalue weighted by Gasteiger charge is -2.05. The molecule has 0 saturated heterocycles. The average molecular weight is 297 g/mol. The Morgan fingerprint density at radius 1 is 1.00 bits per heavy atom. The van der Waals surface area contributed by atoms with Gasteiger partial charge in [-0.1, -0.05) is 35.9 Å². The largest absolute Gasteiger partial charge is 0.304 e. The van der Waals surface area contributed by atoms with Crippen molar-refractivity contribution in [3.63, 3.8) is 0 Å². The maximum atomic E-state index is 5.95. The number of para-hydroxylation sites is 2. The van der Waals surface area contributed by atoms with Crippen LogP contribution in [0.2, 0.25) is 5.02 Å². The molecule has 0 aliphatic rings. The van der Waals surface area contributed by atoms with Crippen LogP contribution in [0, 0.1) is 6.92 Å². The Kier molecular flexibility index (Phi) is 2.72. The molecule has 0 amide bonds.